The molecule has 1 unspecified atom stereocenters. The molecule has 0 radical (unpaired) electrons. The fraction of sp³-hybridized carbons (Fsp3) is 0.231. The lowest BCUT2D eigenvalue weighted by molar-refractivity contribution is 0.215. The van der Waals surface area contributed by atoms with E-state index in [2.05, 4.69) is 4.98 Å². The van der Waals surface area contributed by atoms with Crippen LogP contribution in [0.1, 0.15) is 17.4 Å². The van der Waals surface area contributed by atoms with Crippen molar-refractivity contribution in [3.8, 4) is 11.5 Å². The van der Waals surface area contributed by atoms with Crippen LogP contribution >= 0.6 is 11.6 Å². The van der Waals surface area contributed by atoms with E-state index in [1.54, 1.807) is 24.4 Å². The van der Waals surface area contributed by atoms with Crippen LogP contribution in [0.3, 0.4) is 0 Å². The van der Waals surface area contributed by atoms with Gasteiger partial charge in [-0.25, -0.2) is 0 Å². The van der Waals surface area contributed by atoms with Crippen LogP contribution in [-0.4, -0.2) is 24.3 Å². The van der Waals surface area contributed by atoms with Gasteiger partial charge in [-0.15, -0.1) is 0 Å². The van der Waals surface area contributed by atoms with Crippen molar-refractivity contribution in [2.24, 2.45) is 0 Å². The van der Waals surface area contributed by atoms with Crippen molar-refractivity contribution in [1.29, 1.82) is 0 Å². The Kier molecular flexibility index (Phi) is 3.79. The lowest BCUT2D eigenvalue weighted by atomic mass is 10.1. The summed E-state index contributed by atoms with van der Waals surface area (Å²) in [4.78, 5) is 2.95. The third kappa shape index (κ3) is 2.17. The van der Waals surface area contributed by atoms with E-state index in [9.17, 15) is 5.11 Å². The highest BCUT2D eigenvalue weighted by Crippen LogP contribution is 2.40. The van der Waals surface area contributed by atoms with E-state index in [1.807, 2.05) is 6.07 Å². The molecule has 2 aromatic rings. The fourth-order valence-electron chi connectivity index (χ4n) is 1.80. The van der Waals surface area contributed by atoms with Crippen LogP contribution in [0.25, 0.3) is 0 Å². The van der Waals surface area contributed by atoms with Gasteiger partial charge in [0.15, 0.2) is 11.5 Å². The molecular formula is C13H14ClNO3. The number of hydrogen-bond donors (Lipinski definition) is 2. The number of aromatic nitrogens is 1. The van der Waals surface area contributed by atoms with Crippen molar-refractivity contribution >= 4 is 11.6 Å². The summed E-state index contributed by atoms with van der Waals surface area (Å²) in [6.45, 7) is 0. The zero-order chi connectivity index (χ0) is 13.1. The molecule has 96 valence electrons. The van der Waals surface area contributed by atoms with E-state index < -0.39 is 6.10 Å². The summed E-state index contributed by atoms with van der Waals surface area (Å²) in [5.74, 6) is 0.951. The van der Waals surface area contributed by atoms with Gasteiger partial charge in [0.25, 0.3) is 0 Å². The third-order valence-electron chi connectivity index (χ3n) is 2.73. The lowest BCUT2D eigenvalue weighted by Crippen LogP contribution is -2.03. The molecule has 18 heavy (non-hydrogen) atoms. The molecule has 0 aliphatic heterocycles. The molecule has 2 N–H and O–H groups in total. The van der Waals surface area contributed by atoms with Crippen molar-refractivity contribution in [2.45, 2.75) is 6.10 Å². The second-order valence-electron chi connectivity index (χ2n) is 3.73. The van der Waals surface area contributed by atoms with Gasteiger partial charge in [0, 0.05) is 17.5 Å². The van der Waals surface area contributed by atoms with Crippen molar-refractivity contribution in [2.75, 3.05) is 14.2 Å². The highest BCUT2D eigenvalue weighted by atomic mass is 35.5. The summed E-state index contributed by atoms with van der Waals surface area (Å²) in [6, 6.07) is 7.03. The summed E-state index contributed by atoms with van der Waals surface area (Å²) in [7, 11) is 3.05. The monoisotopic (exact) mass is 267 g/mol. The summed E-state index contributed by atoms with van der Waals surface area (Å²) >= 11 is 6.23. The molecular weight excluding hydrogens is 254 g/mol. The van der Waals surface area contributed by atoms with E-state index in [4.69, 9.17) is 21.1 Å². The Bertz CT molecular complexity index is 525. The van der Waals surface area contributed by atoms with E-state index in [0.717, 1.165) is 0 Å². The van der Waals surface area contributed by atoms with Crippen molar-refractivity contribution in [3.63, 3.8) is 0 Å². The number of benzene rings is 1. The Morgan fingerprint density at radius 2 is 2.00 bits per heavy atom. The predicted molar refractivity (Wildman–Crippen MR) is 69.4 cm³/mol. The first-order valence-electron chi connectivity index (χ1n) is 5.40. The zero-order valence-corrected chi connectivity index (χ0v) is 10.9. The number of nitrogens with one attached hydrogen (secondary N) is 1. The van der Waals surface area contributed by atoms with Crippen LogP contribution in [0.2, 0.25) is 5.02 Å². The molecule has 0 saturated heterocycles. The number of ether oxygens (including phenoxy) is 2. The van der Waals surface area contributed by atoms with Crippen LogP contribution < -0.4 is 9.47 Å². The molecule has 4 nitrogen and oxygen atoms in total. The molecule has 0 bridgehead atoms. The van der Waals surface area contributed by atoms with E-state index in [0.29, 0.717) is 27.8 Å². The first-order chi connectivity index (χ1) is 8.69. The number of aromatic amines is 1. The van der Waals surface area contributed by atoms with Crippen molar-refractivity contribution < 1.29 is 14.6 Å². The quantitative estimate of drug-likeness (QED) is 0.896. The Morgan fingerprint density at radius 1 is 1.22 bits per heavy atom. The SMILES string of the molecule is COc1ccc(C(O)c2ccc[nH]2)c(Cl)c1OC. The average Bonchev–Trinajstić information content (AvgIpc) is 2.91. The number of aliphatic hydroxyl groups is 1. The van der Waals surface area contributed by atoms with E-state index in [-0.39, 0.29) is 0 Å². The van der Waals surface area contributed by atoms with Gasteiger partial charge >= 0.3 is 0 Å². The Morgan fingerprint density at radius 3 is 2.56 bits per heavy atom. The highest BCUT2D eigenvalue weighted by Gasteiger charge is 2.20. The maximum absolute atomic E-state index is 10.2. The van der Waals surface area contributed by atoms with Gasteiger partial charge in [-0.2, -0.15) is 0 Å². The molecule has 1 aromatic carbocycles. The highest BCUT2D eigenvalue weighted by molar-refractivity contribution is 6.33. The molecule has 0 spiro atoms. The first-order valence-corrected chi connectivity index (χ1v) is 5.78. The molecule has 1 atom stereocenters. The maximum Gasteiger partial charge on any atom is 0.179 e. The third-order valence-corrected chi connectivity index (χ3v) is 3.12. The smallest absolute Gasteiger partial charge is 0.179 e. The summed E-state index contributed by atoms with van der Waals surface area (Å²) in [5.41, 5.74) is 1.24. The van der Waals surface area contributed by atoms with Gasteiger partial charge in [0.2, 0.25) is 0 Å². The molecule has 5 heteroatoms. The second kappa shape index (κ2) is 5.33. The average molecular weight is 268 g/mol. The standard InChI is InChI=1S/C13H14ClNO3/c1-17-10-6-5-8(11(14)13(10)18-2)12(16)9-4-3-7-15-9/h3-7,12,15-16H,1-2H3. The normalized spacial score (nSPS) is 12.2. The molecule has 0 aliphatic carbocycles. The molecule has 2 rings (SSSR count). The number of aliphatic hydroxyl groups excluding tert-OH is 1. The molecule has 0 fully saturated rings. The van der Waals surface area contributed by atoms with Gasteiger partial charge < -0.3 is 19.6 Å². The number of halogens is 1. The van der Waals surface area contributed by atoms with Crippen LogP contribution in [-0.2, 0) is 0 Å². The Labute approximate surface area is 110 Å². The molecule has 0 aliphatic rings. The summed E-state index contributed by atoms with van der Waals surface area (Å²) in [6.07, 6.45) is 0.917. The maximum atomic E-state index is 10.2. The Hall–Kier alpha value is -1.65. The van der Waals surface area contributed by atoms with Crippen LogP contribution in [0, 0.1) is 0 Å². The van der Waals surface area contributed by atoms with Crippen LogP contribution in [0.5, 0.6) is 11.5 Å². The minimum absolute atomic E-state index is 0.346. The fourth-order valence-corrected chi connectivity index (χ4v) is 2.13. The van der Waals surface area contributed by atoms with Gasteiger partial charge in [0.1, 0.15) is 6.10 Å². The van der Waals surface area contributed by atoms with Gasteiger partial charge in [-0.3, -0.25) is 0 Å². The zero-order valence-electron chi connectivity index (χ0n) is 10.1. The second-order valence-corrected chi connectivity index (χ2v) is 4.11. The first kappa shape index (κ1) is 12.8. The molecule has 0 saturated carbocycles. The topological polar surface area (TPSA) is 54.5 Å². The number of H-pyrrole nitrogens is 1. The summed E-state index contributed by atoms with van der Waals surface area (Å²) in [5, 5.41) is 10.6. The number of hydrogen-bond acceptors (Lipinski definition) is 3. The minimum atomic E-state index is -0.827. The number of methoxy groups -OCH3 is 2. The summed E-state index contributed by atoms with van der Waals surface area (Å²) < 4.78 is 10.3. The largest absolute Gasteiger partial charge is 0.493 e. The number of rotatable bonds is 4. The van der Waals surface area contributed by atoms with Crippen molar-refractivity contribution in [3.05, 3.63) is 46.7 Å². The van der Waals surface area contributed by atoms with Gasteiger partial charge in [-0.05, 0) is 18.2 Å². The van der Waals surface area contributed by atoms with Crippen LogP contribution in [0.15, 0.2) is 30.5 Å². The Balaban J connectivity index is 2.46. The van der Waals surface area contributed by atoms with E-state index >= 15 is 0 Å². The molecule has 1 heterocycles. The van der Waals surface area contributed by atoms with Crippen LogP contribution in [0.4, 0.5) is 0 Å². The molecule has 1 aromatic heterocycles. The molecule has 0 amide bonds. The lowest BCUT2D eigenvalue weighted by Gasteiger charge is -2.16. The van der Waals surface area contributed by atoms with Crippen molar-refractivity contribution in [1.82, 2.24) is 4.98 Å². The van der Waals surface area contributed by atoms with E-state index in [1.165, 1.54) is 14.2 Å². The van der Waals surface area contributed by atoms with Gasteiger partial charge in [0.05, 0.1) is 19.2 Å². The minimum Gasteiger partial charge on any atom is -0.493 e. The predicted octanol–water partition coefficient (Wildman–Crippen LogP) is 2.77. The van der Waals surface area contributed by atoms with Gasteiger partial charge in [-0.1, -0.05) is 17.7 Å².